The molecule has 0 saturated carbocycles. The number of likely N-dealkylation sites (tertiary alicyclic amines) is 1. The minimum absolute atomic E-state index is 0.861. The lowest BCUT2D eigenvalue weighted by Gasteiger charge is -2.35. The second-order valence-electron chi connectivity index (χ2n) is 5.14. The van der Waals surface area contributed by atoms with Gasteiger partial charge in [0, 0.05) is 23.2 Å². The van der Waals surface area contributed by atoms with Crippen LogP contribution in [0.15, 0.2) is 35.2 Å². The smallest absolute Gasteiger partial charge is 0.0108 e. The van der Waals surface area contributed by atoms with Gasteiger partial charge in [0.25, 0.3) is 0 Å². The molecule has 0 N–H and O–H groups in total. The number of rotatable bonds is 6. The molecule has 1 saturated heterocycles. The fourth-order valence-corrected chi connectivity index (χ4v) is 3.72. The summed E-state index contributed by atoms with van der Waals surface area (Å²) in [5.41, 5.74) is 0. The van der Waals surface area contributed by atoms with E-state index in [9.17, 15) is 0 Å². The Morgan fingerprint density at radius 3 is 2.83 bits per heavy atom. The first-order valence-electron chi connectivity index (χ1n) is 7.32. The molecular formula is C16H25NS. The minimum Gasteiger partial charge on any atom is -0.300 e. The molecule has 1 unspecified atom stereocenters. The van der Waals surface area contributed by atoms with E-state index in [4.69, 9.17) is 0 Å². The maximum atomic E-state index is 2.73. The first kappa shape index (κ1) is 14.0. The lowest BCUT2D eigenvalue weighted by Crippen LogP contribution is -2.40. The van der Waals surface area contributed by atoms with Gasteiger partial charge in [-0.1, -0.05) is 38.0 Å². The lowest BCUT2D eigenvalue weighted by atomic mass is 9.98. The largest absolute Gasteiger partial charge is 0.300 e. The highest BCUT2D eigenvalue weighted by Crippen LogP contribution is 2.23. The highest BCUT2D eigenvalue weighted by Gasteiger charge is 2.20. The number of nitrogens with zero attached hydrogens (tertiary/aromatic N) is 1. The number of thioether (sulfide) groups is 1. The van der Waals surface area contributed by atoms with Gasteiger partial charge in [0.1, 0.15) is 0 Å². The molecule has 1 nitrogen and oxygen atoms in total. The van der Waals surface area contributed by atoms with Gasteiger partial charge in [-0.3, -0.25) is 4.90 Å². The Kier molecular flexibility index (Phi) is 6.09. The summed E-state index contributed by atoms with van der Waals surface area (Å²) in [6.45, 7) is 4.88. The molecule has 0 amide bonds. The third-order valence-corrected chi connectivity index (χ3v) is 4.75. The summed E-state index contributed by atoms with van der Waals surface area (Å²) >= 11 is 1.99. The SMILES string of the molecule is CCCC1CCCCN1CCSc1ccccc1. The van der Waals surface area contributed by atoms with Gasteiger partial charge in [-0.15, -0.1) is 11.8 Å². The predicted molar refractivity (Wildman–Crippen MR) is 81.3 cm³/mol. The lowest BCUT2D eigenvalue weighted by molar-refractivity contribution is 0.149. The predicted octanol–water partition coefficient (Wildman–Crippen LogP) is 4.43. The summed E-state index contributed by atoms with van der Waals surface area (Å²) in [6.07, 6.45) is 6.97. The van der Waals surface area contributed by atoms with Crippen molar-refractivity contribution in [1.29, 1.82) is 0 Å². The average Bonchev–Trinajstić information content (AvgIpc) is 2.42. The fraction of sp³-hybridized carbons (Fsp3) is 0.625. The summed E-state index contributed by atoms with van der Waals surface area (Å²) in [5, 5.41) is 0. The van der Waals surface area contributed by atoms with Crippen molar-refractivity contribution in [1.82, 2.24) is 4.90 Å². The van der Waals surface area contributed by atoms with Gasteiger partial charge in [-0.2, -0.15) is 0 Å². The molecule has 0 bridgehead atoms. The highest BCUT2D eigenvalue weighted by atomic mass is 32.2. The van der Waals surface area contributed by atoms with Crippen molar-refractivity contribution >= 4 is 11.8 Å². The van der Waals surface area contributed by atoms with Crippen LogP contribution in [-0.4, -0.2) is 29.8 Å². The van der Waals surface area contributed by atoms with Crippen molar-refractivity contribution in [3.05, 3.63) is 30.3 Å². The monoisotopic (exact) mass is 263 g/mol. The van der Waals surface area contributed by atoms with Crippen molar-refractivity contribution in [3.8, 4) is 0 Å². The van der Waals surface area contributed by atoms with Gasteiger partial charge in [-0.25, -0.2) is 0 Å². The molecule has 1 heterocycles. The minimum atomic E-state index is 0.861. The second kappa shape index (κ2) is 7.85. The van der Waals surface area contributed by atoms with Gasteiger partial charge < -0.3 is 0 Å². The molecule has 0 radical (unpaired) electrons. The summed E-state index contributed by atoms with van der Waals surface area (Å²) < 4.78 is 0. The number of piperidine rings is 1. The van der Waals surface area contributed by atoms with Crippen LogP contribution in [0.5, 0.6) is 0 Å². The van der Waals surface area contributed by atoms with Crippen molar-refractivity contribution in [2.45, 2.75) is 50.0 Å². The highest BCUT2D eigenvalue weighted by molar-refractivity contribution is 7.99. The molecule has 2 rings (SSSR count). The van der Waals surface area contributed by atoms with Crippen LogP contribution in [0.3, 0.4) is 0 Å². The Hall–Kier alpha value is -0.470. The summed E-state index contributed by atoms with van der Waals surface area (Å²) in [5.74, 6) is 1.23. The Morgan fingerprint density at radius 1 is 1.22 bits per heavy atom. The van der Waals surface area contributed by atoms with Crippen molar-refractivity contribution < 1.29 is 0 Å². The van der Waals surface area contributed by atoms with Crippen LogP contribution < -0.4 is 0 Å². The molecule has 0 aromatic heterocycles. The third-order valence-electron chi connectivity index (χ3n) is 3.76. The van der Waals surface area contributed by atoms with E-state index in [1.165, 1.54) is 55.8 Å². The molecule has 1 aliphatic rings. The zero-order chi connectivity index (χ0) is 12.6. The van der Waals surface area contributed by atoms with Gasteiger partial charge in [0.05, 0.1) is 0 Å². The third kappa shape index (κ3) is 4.33. The van der Waals surface area contributed by atoms with Crippen LogP contribution in [0.4, 0.5) is 0 Å². The topological polar surface area (TPSA) is 3.24 Å². The summed E-state index contributed by atoms with van der Waals surface area (Å²) in [7, 11) is 0. The first-order chi connectivity index (χ1) is 8.90. The summed E-state index contributed by atoms with van der Waals surface area (Å²) in [6, 6.07) is 11.6. The molecule has 1 aliphatic heterocycles. The normalized spacial score (nSPS) is 21.1. The van der Waals surface area contributed by atoms with E-state index in [1.807, 2.05) is 11.8 Å². The molecular weight excluding hydrogens is 238 g/mol. The molecule has 1 aromatic carbocycles. The van der Waals surface area contributed by atoms with Gasteiger partial charge in [0.2, 0.25) is 0 Å². The Bertz CT molecular complexity index is 323. The molecule has 1 atom stereocenters. The standard InChI is InChI=1S/C16H25NS/c1-2-8-15-9-6-7-12-17(15)13-14-18-16-10-4-3-5-11-16/h3-5,10-11,15H,2,6-9,12-14H2,1H3. The first-order valence-corrected chi connectivity index (χ1v) is 8.30. The zero-order valence-electron chi connectivity index (χ0n) is 11.5. The molecule has 1 aromatic rings. The maximum Gasteiger partial charge on any atom is 0.0108 e. The Labute approximate surface area is 116 Å². The number of hydrogen-bond donors (Lipinski definition) is 0. The van der Waals surface area contributed by atoms with E-state index in [1.54, 1.807) is 0 Å². The Balaban J connectivity index is 1.74. The van der Waals surface area contributed by atoms with E-state index in [0.717, 1.165) is 6.04 Å². The van der Waals surface area contributed by atoms with Gasteiger partial charge >= 0.3 is 0 Å². The van der Waals surface area contributed by atoms with Crippen molar-refractivity contribution in [2.75, 3.05) is 18.8 Å². The number of hydrogen-bond acceptors (Lipinski definition) is 2. The maximum absolute atomic E-state index is 2.73. The van der Waals surface area contributed by atoms with Crippen molar-refractivity contribution in [3.63, 3.8) is 0 Å². The molecule has 0 aliphatic carbocycles. The summed E-state index contributed by atoms with van der Waals surface area (Å²) in [4.78, 5) is 4.13. The quantitative estimate of drug-likeness (QED) is 0.698. The average molecular weight is 263 g/mol. The van der Waals surface area contributed by atoms with E-state index in [2.05, 4.69) is 42.2 Å². The zero-order valence-corrected chi connectivity index (χ0v) is 12.3. The fourth-order valence-electron chi connectivity index (χ4n) is 2.81. The van der Waals surface area contributed by atoms with Crippen LogP contribution in [0.25, 0.3) is 0 Å². The second-order valence-corrected chi connectivity index (χ2v) is 6.30. The molecule has 100 valence electrons. The molecule has 1 fully saturated rings. The van der Waals surface area contributed by atoms with Gasteiger partial charge in [0.15, 0.2) is 0 Å². The molecule has 2 heteroatoms. The van der Waals surface area contributed by atoms with E-state index < -0.39 is 0 Å². The van der Waals surface area contributed by atoms with Crippen LogP contribution in [0, 0.1) is 0 Å². The van der Waals surface area contributed by atoms with Crippen LogP contribution >= 0.6 is 11.8 Å². The van der Waals surface area contributed by atoms with E-state index >= 15 is 0 Å². The van der Waals surface area contributed by atoms with Crippen LogP contribution in [0.1, 0.15) is 39.0 Å². The number of benzene rings is 1. The Morgan fingerprint density at radius 2 is 2.06 bits per heavy atom. The molecule has 18 heavy (non-hydrogen) atoms. The van der Waals surface area contributed by atoms with Crippen LogP contribution in [-0.2, 0) is 0 Å². The van der Waals surface area contributed by atoms with Crippen molar-refractivity contribution in [2.24, 2.45) is 0 Å². The van der Waals surface area contributed by atoms with Gasteiger partial charge in [-0.05, 0) is 37.9 Å². The van der Waals surface area contributed by atoms with E-state index in [-0.39, 0.29) is 0 Å². The van der Waals surface area contributed by atoms with Crippen LogP contribution in [0.2, 0.25) is 0 Å². The molecule has 0 spiro atoms. The van der Waals surface area contributed by atoms with E-state index in [0.29, 0.717) is 0 Å².